The number of hydrogen-bond acceptors (Lipinski definition) is 5. The van der Waals surface area contributed by atoms with Gasteiger partial charge in [0.05, 0.1) is 25.9 Å². The Morgan fingerprint density at radius 1 is 1.29 bits per heavy atom. The van der Waals surface area contributed by atoms with E-state index < -0.39 is 0 Å². The van der Waals surface area contributed by atoms with Gasteiger partial charge in [0, 0.05) is 37.3 Å². The molecule has 9 heteroatoms. The lowest BCUT2D eigenvalue weighted by Gasteiger charge is -2.35. The van der Waals surface area contributed by atoms with Gasteiger partial charge in [-0.05, 0) is 37.5 Å². The summed E-state index contributed by atoms with van der Waals surface area (Å²) in [6, 6.07) is 6.31. The first-order valence-electron chi connectivity index (χ1n) is 10.7. The van der Waals surface area contributed by atoms with Gasteiger partial charge >= 0.3 is 0 Å². The van der Waals surface area contributed by atoms with Crippen LogP contribution in [0.25, 0.3) is 0 Å². The molecule has 0 radical (unpaired) electrons. The number of nitrogens with zero attached hydrogens (tertiary/aromatic N) is 4. The van der Waals surface area contributed by atoms with E-state index in [0.29, 0.717) is 13.4 Å². The maximum Gasteiger partial charge on any atom is 0.231 e. The largest absolute Gasteiger partial charge is 0.454 e. The molecule has 5 rings (SSSR count). The maximum atomic E-state index is 6.00. The lowest BCUT2D eigenvalue weighted by molar-refractivity contribution is -0.00805. The van der Waals surface area contributed by atoms with Crippen molar-refractivity contribution in [2.45, 2.75) is 31.3 Å². The number of hydrogen-bond donors (Lipinski definition) is 1. The standard InChI is InChI=1S/C22H29N5O3.HI/c1-3-23-21(27-8-9-28-20(13-27)16-11-25-26(2)12-16)24-14-22(6-7-22)17-4-5-18-19(10-17)30-15-29-18;/h4-5,10-12,20H,3,6-9,13-15H2,1-2H3,(H,23,24);1H. The van der Waals surface area contributed by atoms with Crippen molar-refractivity contribution >= 4 is 29.9 Å². The second-order valence-corrected chi connectivity index (χ2v) is 8.27. The molecule has 0 amide bonds. The van der Waals surface area contributed by atoms with Gasteiger partial charge in [0.25, 0.3) is 0 Å². The molecule has 1 atom stereocenters. The summed E-state index contributed by atoms with van der Waals surface area (Å²) in [6.45, 7) is 6.31. The van der Waals surface area contributed by atoms with Crippen molar-refractivity contribution in [1.29, 1.82) is 0 Å². The maximum absolute atomic E-state index is 6.00. The molecule has 168 valence electrons. The molecule has 0 bridgehead atoms. The molecule has 31 heavy (non-hydrogen) atoms. The Balaban J connectivity index is 0.00000231. The third-order valence-corrected chi connectivity index (χ3v) is 6.17. The molecule has 0 spiro atoms. The van der Waals surface area contributed by atoms with Crippen molar-refractivity contribution in [3.63, 3.8) is 0 Å². The number of morpholine rings is 1. The van der Waals surface area contributed by atoms with Crippen LogP contribution in [0.1, 0.15) is 37.0 Å². The minimum Gasteiger partial charge on any atom is -0.454 e. The van der Waals surface area contributed by atoms with Gasteiger partial charge in [-0.3, -0.25) is 9.67 Å². The number of nitrogens with one attached hydrogen (secondary N) is 1. The number of rotatable bonds is 5. The number of guanidine groups is 1. The monoisotopic (exact) mass is 539 g/mol. The summed E-state index contributed by atoms with van der Waals surface area (Å²) in [7, 11) is 1.93. The zero-order valence-corrected chi connectivity index (χ0v) is 20.4. The average Bonchev–Trinajstić information content (AvgIpc) is 3.18. The van der Waals surface area contributed by atoms with E-state index in [0.717, 1.165) is 62.0 Å². The van der Waals surface area contributed by atoms with Crippen LogP contribution in [0.5, 0.6) is 11.5 Å². The lowest BCUT2D eigenvalue weighted by atomic mass is 9.96. The second-order valence-electron chi connectivity index (χ2n) is 8.27. The topological polar surface area (TPSA) is 73.1 Å². The van der Waals surface area contributed by atoms with E-state index in [9.17, 15) is 0 Å². The first-order valence-corrected chi connectivity index (χ1v) is 10.7. The molecule has 8 nitrogen and oxygen atoms in total. The highest BCUT2D eigenvalue weighted by Gasteiger charge is 2.45. The summed E-state index contributed by atoms with van der Waals surface area (Å²) < 4.78 is 18.9. The van der Waals surface area contributed by atoms with Gasteiger partial charge in [-0.15, -0.1) is 24.0 Å². The Kier molecular flexibility index (Phi) is 6.61. The predicted octanol–water partition coefficient (Wildman–Crippen LogP) is 2.84. The average molecular weight is 539 g/mol. The number of ether oxygens (including phenoxy) is 3. The smallest absolute Gasteiger partial charge is 0.231 e. The highest BCUT2D eigenvalue weighted by molar-refractivity contribution is 14.0. The van der Waals surface area contributed by atoms with Crippen molar-refractivity contribution in [2.75, 3.05) is 39.6 Å². The molecule has 2 fully saturated rings. The number of fused-ring (bicyclic) bond motifs is 1. The summed E-state index contributed by atoms with van der Waals surface area (Å²) in [5, 5.41) is 7.76. The Bertz CT molecular complexity index is 943. The molecule has 1 saturated carbocycles. The van der Waals surface area contributed by atoms with Crippen LogP contribution in [0.4, 0.5) is 0 Å². The minimum atomic E-state index is 0. The van der Waals surface area contributed by atoms with E-state index in [1.165, 1.54) is 5.56 Å². The quantitative estimate of drug-likeness (QED) is 0.358. The van der Waals surface area contributed by atoms with Gasteiger partial charge in [-0.25, -0.2) is 0 Å². The molecule has 3 heterocycles. The summed E-state index contributed by atoms with van der Waals surface area (Å²) in [4.78, 5) is 7.36. The van der Waals surface area contributed by atoms with Crippen LogP contribution in [0.2, 0.25) is 0 Å². The van der Waals surface area contributed by atoms with Gasteiger partial charge in [0.15, 0.2) is 17.5 Å². The lowest BCUT2D eigenvalue weighted by Crippen LogP contribution is -2.48. The predicted molar refractivity (Wildman–Crippen MR) is 128 cm³/mol. The minimum absolute atomic E-state index is 0. The summed E-state index contributed by atoms with van der Waals surface area (Å²) in [6.07, 6.45) is 6.22. The third kappa shape index (κ3) is 4.62. The van der Waals surface area contributed by atoms with E-state index in [1.807, 2.05) is 30.2 Å². The zero-order valence-electron chi connectivity index (χ0n) is 18.0. The van der Waals surface area contributed by atoms with E-state index in [-0.39, 0.29) is 35.5 Å². The molecule has 1 aromatic carbocycles. The summed E-state index contributed by atoms with van der Waals surface area (Å²) in [5.74, 6) is 2.64. The molecule has 1 aliphatic carbocycles. The Hall–Kier alpha value is -2.01. The molecule has 3 aliphatic rings. The van der Waals surface area contributed by atoms with Crippen LogP contribution in [0, 0.1) is 0 Å². The van der Waals surface area contributed by atoms with Gasteiger partial charge in [0.1, 0.15) is 6.10 Å². The number of benzene rings is 1. The number of aromatic nitrogens is 2. The van der Waals surface area contributed by atoms with Crippen LogP contribution in [-0.2, 0) is 17.2 Å². The van der Waals surface area contributed by atoms with E-state index in [1.54, 1.807) is 0 Å². The van der Waals surface area contributed by atoms with Gasteiger partial charge < -0.3 is 24.4 Å². The molecule has 2 aromatic rings. The van der Waals surface area contributed by atoms with Crippen molar-refractivity contribution in [3.8, 4) is 11.5 Å². The van der Waals surface area contributed by atoms with Gasteiger partial charge in [-0.2, -0.15) is 5.10 Å². The Morgan fingerprint density at radius 3 is 2.87 bits per heavy atom. The molecule has 2 aliphatic heterocycles. The molecule has 1 aromatic heterocycles. The summed E-state index contributed by atoms with van der Waals surface area (Å²) >= 11 is 0. The SMILES string of the molecule is CCNC(=NCC1(c2ccc3c(c2)OCO3)CC1)N1CCOC(c2cnn(C)c2)C1.I. The van der Waals surface area contributed by atoms with Crippen LogP contribution in [0.3, 0.4) is 0 Å². The van der Waals surface area contributed by atoms with Crippen LogP contribution < -0.4 is 14.8 Å². The number of halogens is 1. The fourth-order valence-corrected chi connectivity index (χ4v) is 4.22. The van der Waals surface area contributed by atoms with Crippen LogP contribution in [-0.4, -0.2) is 60.2 Å². The molecule has 1 saturated heterocycles. The molecular weight excluding hydrogens is 509 g/mol. The van der Waals surface area contributed by atoms with Crippen molar-refractivity contribution in [2.24, 2.45) is 12.0 Å². The Morgan fingerprint density at radius 2 is 2.13 bits per heavy atom. The highest BCUT2D eigenvalue weighted by Crippen LogP contribution is 2.50. The van der Waals surface area contributed by atoms with Crippen molar-refractivity contribution in [1.82, 2.24) is 20.0 Å². The van der Waals surface area contributed by atoms with E-state index in [2.05, 4.69) is 34.4 Å². The summed E-state index contributed by atoms with van der Waals surface area (Å²) in [5.41, 5.74) is 2.51. The van der Waals surface area contributed by atoms with E-state index in [4.69, 9.17) is 19.2 Å². The molecule has 1 N–H and O–H groups in total. The fourth-order valence-electron chi connectivity index (χ4n) is 4.22. The number of aliphatic imine (C=N–C) groups is 1. The highest BCUT2D eigenvalue weighted by atomic mass is 127. The van der Waals surface area contributed by atoms with Gasteiger partial charge in [0.2, 0.25) is 6.79 Å². The van der Waals surface area contributed by atoms with E-state index >= 15 is 0 Å². The van der Waals surface area contributed by atoms with Crippen molar-refractivity contribution in [3.05, 3.63) is 41.7 Å². The zero-order chi connectivity index (χ0) is 20.6. The fraction of sp³-hybridized carbons (Fsp3) is 0.545. The van der Waals surface area contributed by atoms with Gasteiger partial charge in [-0.1, -0.05) is 6.07 Å². The first-order chi connectivity index (χ1) is 14.7. The van der Waals surface area contributed by atoms with Crippen LogP contribution in [0.15, 0.2) is 35.6 Å². The first kappa shape index (κ1) is 22.2. The molecular formula is C22H30IN5O3. The third-order valence-electron chi connectivity index (χ3n) is 6.17. The number of aryl methyl sites for hydroxylation is 1. The van der Waals surface area contributed by atoms with Crippen LogP contribution >= 0.6 is 24.0 Å². The second kappa shape index (κ2) is 9.23. The normalized spacial score (nSPS) is 21.5. The molecule has 1 unspecified atom stereocenters. The Labute approximate surface area is 200 Å². The van der Waals surface area contributed by atoms with Crippen molar-refractivity contribution < 1.29 is 14.2 Å².